The van der Waals surface area contributed by atoms with Crippen LogP contribution in [0.1, 0.15) is 52.1 Å². The number of carbonyl (C=O) groups excluding carboxylic acids is 3. The van der Waals surface area contributed by atoms with E-state index < -0.39 is 0 Å². The van der Waals surface area contributed by atoms with E-state index in [1.54, 1.807) is 30.3 Å². The number of piperidine rings is 1. The van der Waals surface area contributed by atoms with Gasteiger partial charge >= 0.3 is 0 Å². The summed E-state index contributed by atoms with van der Waals surface area (Å²) >= 11 is 7.32. The van der Waals surface area contributed by atoms with Gasteiger partial charge in [0, 0.05) is 24.0 Å². The second-order valence-corrected chi connectivity index (χ2v) is 8.94. The van der Waals surface area contributed by atoms with E-state index >= 15 is 0 Å². The SMILES string of the molecule is O=C(Nc1cc(Cl)ccc1C(=O)N1CCCCC1)c1ccc(NC(=O)C2CC2)s1. The van der Waals surface area contributed by atoms with Crippen molar-refractivity contribution in [2.45, 2.75) is 32.1 Å². The zero-order valence-corrected chi connectivity index (χ0v) is 17.4. The highest BCUT2D eigenvalue weighted by Crippen LogP contribution is 2.32. The highest BCUT2D eigenvalue weighted by Gasteiger charge is 2.30. The number of nitrogens with one attached hydrogen (secondary N) is 2. The lowest BCUT2D eigenvalue weighted by atomic mass is 10.1. The molecule has 0 radical (unpaired) electrons. The topological polar surface area (TPSA) is 78.5 Å². The van der Waals surface area contributed by atoms with Crippen molar-refractivity contribution in [3.63, 3.8) is 0 Å². The van der Waals surface area contributed by atoms with Gasteiger partial charge in [0.1, 0.15) is 0 Å². The molecule has 1 aliphatic heterocycles. The minimum atomic E-state index is -0.336. The fourth-order valence-electron chi connectivity index (χ4n) is 3.35. The molecule has 2 N–H and O–H groups in total. The highest BCUT2D eigenvalue weighted by atomic mass is 35.5. The standard InChI is InChI=1S/C21H22ClN3O3S/c22-14-6-7-15(21(28)25-10-2-1-3-11-25)16(12-14)23-20(27)17-8-9-18(29-17)24-19(26)13-4-5-13/h6-9,12-13H,1-5,10-11H2,(H,23,27)(H,24,26). The summed E-state index contributed by atoms with van der Waals surface area (Å²) in [5.74, 6) is -0.329. The van der Waals surface area contributed by atoms with Crippen LogP contribution in [0.15, 0.2) is 30.3 Å². The summed E-state index contributed by atoms with van der Waals surface area (Å²) in [5.41, 5.74) is 0.832. The second-order valence-electron chi connectivity index (χ2n) is 7.42. The Balaban J connectivity index is 1.48. The Kier molecular flexibility index (Phi) is 5.87. The molecular formula is C21H22ClN3O3S. The van der Waals surface area contributed by atoms with Crippen LogP contribution < -0.4 is 10.6 Å². The average Bonchev–Trinajstić information content (AvgIpc) is 3.48. The predicted molar refractivity (Wildman–Crippen MR) is 115 cm³/mol. The molecule has 8 heteroatoms. The number of benzene rings is 1. The van der Waals surface area contributed by atoms with E-state index in [2.05, 4.69) is 10.6 Å². The monoisotopic (exact) mass is 431 g/mol. The Bertz CT molecular complexity index is 948. The molecule has 0 bridgehead atoms. The number of hydrogen-bond donors (Lipinski definition) is 2. The Labute approximate surface area is 178 Å². The molecule has 152 valence electrons. The third kappa shape index (κ3) is 4.79. The minimum Gasteiger partial charge on any atom is -0.339 e. The molecule has 1 aromatic carbocycles. The molecular weight excluding hydrogens is 410 g/mol. The van der Waals surface area contributed by atoms with Gasteiger partial charge in [0.25, 0.3) is 11.8 Å². The molecule has 29 heavy (non-hydrogen) atoms. The molecule has 1 saturated heterocycles. The van der Waals surface area contributed by atoms with E-state index in [1.165, 1.54) is 11.3 Å². The Morgan fingerprint density at radius 2 is 1.76 bits per heavy atom. The zero-order valence-electron chi connectivity index (χ0n) is 15.9. The normalized spacial score (nSPS) is 16.4. The lowest BCUT2D eigenvalue weighted by Gasteiger charge is -2.27. The van der Waals surface area contributed by atoms with Crippen LogP contribution in [0.3, 0.4) is 0 Å². The van der Waals surface area contributed by atoms with Gasteiger partial charge in [-0.05, 0) is 62.4 Å². The maximum atomic E-state index is 12.9. The first-order valence-corrected chi connectivity index (χ1v) is 11.0. The lowest BCUT2D eigenvalue weighted by Crippen LogP contribution is -2.36. The number of likely N-dealkylation sites (tertiary alicyclic amines) is 1. The molecule has 1 aromatic heterocycles. The summed E-state index contributed by atoms with van der Waals surface area (Å²) in [5, 5.41) is 6.74. The molecule has 2 aliphatic rings. The van der Waals surface area contributed by atoms with Crippen LogP contribution in [0.4, 0.5) is 10.7 Å². The van der Waals surface area contributed by atoms with Crippen LogP contribution in [0, 0.1) is 5.92 Å². The molecule has 0 atom stereocenters. The quantitative estimate of drug-likeness (QED) is 0.724. The maximum absolute atomic E-state index is 12.9. The van der Waals surface area contributed by atoms with Crippen molar-refractivity contribution >= 4 is 51.3 Å². The van der Waals surface area contributed by atoms with Crippen molar-refractivity contribution in [1.82, 2.24) is 4.90 Å². The van der Waals surface area contributed by atoms with Crippen molar-refractivity contribution in [3.8, 4) is 0 Å². The molecule has 3 amide bonds. The van der Waals surface area contributed by atoms with Crippen LogP contribution in [0.5, 0.6) is 0 Å². The maximum Gasteiger partial charge on any atom is 0.265 e. The van der Waals surface area contributed by atoms with Gasteiger partial charge in [-0.15, -0.1) is 11.3 Å². The first kappa shape index (κ1) is 19.9. The van der Waals surface area contributed by atoms with Gasteiger partial charge in [-0.2, -0.15) is 0 Å². The summed E-state index contributed by atoms with van der Waals surface area (Å²) in [6.45, 7) is 1.45. The molecule has 0 spiro atoms. The second kappa shape index (κ2) is 8.55. The largest absolute Gasteiger partial charge is 0.339 e. The zero-order chi connectivity index (χ0) is 20.4. The van der Waals surface area contributed by atoms with Crippen LogP contribution in [0.2, 0.25) is 5.02 Å². The van der Waals surface area contributed by atoms with Crippen molar-refractivity contribution in [2.75, 3.05) is 23.7 Å². The van der Waals surface area contributed by atoms with E-state index in [0.29, 0.717) is 26.2 Å². The van der Waals surface area contributed by atoms with Gasteiger partial charge in [0.2, 0.25) is 5.91 Å². The third-order valence-corrected chi connectivity index (χ3v) is 6.36. The van der Waals surface area contributed by atoms with E-state index in [0.717, 1.165) is 45.2 Å². The first-order chi connectivity index (χ1) is 14.0. The summed E-state index contributed by atoms with van der Waals surface area (Å²) in [7, 11) is 0. The number of hydrogen-bond acceptors (Lipinski definition) is 4. The number of thiophene rings is 1. The van der Waals surface area contributed by atoms with Crippen molar-refractivity contribution < 1.29 is 14.4 Å². The fourth-order valence-corrected chi connectivity index (χ4v) is 4.33. The molecule has 1 aliphatic carbocycles. The van der Waals surface area contributed by atoms with Crippen molar-refractivity contribution in [3.05, 3.63) is 45.8 Å². The molecule has 2 fully saturated rings. The van der Waals surface area contributed by atoms with Gasteiger partial charge in [-0.25, -0.2) is 0 Å². The predicted octanol–water partition coefficient (Wildman–Crippen LogP) is 4.63. The van der Waals surface area contributed by atoms with Crippen LogP contribution in [-0.4, -0.2) is 35.7 Å². The molecule has 2 heterocycles. The average molecular weight is 432 g/mol. The van der Waals surface area contributed by atoms with Gasteiger partial charge in [-0.3, -0.25) is 14.4 Å². The summed E-state index contributed by atoms with van der Waals surface area (Å²) in [4.78, 5) is 39.8. The first-order valence-electron chi connectivity index (χ1n) is 9.82. The van der Waals surface area contributed by atoms with Crippen LogP contribution in [0.25, 0.3) is 0 Å². The van der Waals surface area contributed by atoms with Crippen LogP contribution in [-0.2, 0) is 4.79 Å². The Morgan fingerprint density at radius 1 is 1.00 bits per heavy atom. The lowest BCUT2D eigenvalue weighted by molar-refractivity contribution is -0.117. The van der Waals surface area contributed by atoms with Crippen molar-refractivity contribution in [2.24, 2.45) is 5.92 Å². The molecule has 1 saturated carbocycles. The smallest absolute Gasteiger partial charge is 0.265 e. The molecule has 0 unspecified atom stereocenters. The number of nitrogens with zero attached hydrogens (tertiary/aromatic N) is 1. The van der Waals surface area contributed by atoms with E-state index in [4.69, 9.17) is 11.6 Å². The fraction of sp³-hybridized carbons (Fsp3) is 0.381. The Morgan fingerprint density at radius 3 is 2.48 bits per heavy atom. The number of amides is 3. The number of anilines is 2. The van der Waals surface area contributed by atoms with Crippen molar-refractivity contribution in [1.29, 1.82) is 0 Å². The number of rotatable bonds is 5. The number of halogens is 1. The number of carbonyl (C=O) groups is 3. The van der Waals surface area contributed by atoms with Gasteiger partial charge in [0.05, 0.1) is 21.1 Å². The van der Waals surface area contributed by atoms with Gasteiger partial charge in [0.15, 0.2) is 0 Å². The third-order valence-electron chi connectivity index (χ3n) is 5.13. The summed E-state index contributed by atoms with van der Waals surface area (Å²) in [6, 6.07) is 8.30. The summed E-state index contributed by atoms with van der Waals surface area (Å²) < 4.78 is 0. The highest BCUT2D eigenvalue weighted by molar-refractivity contribution is 7.18. The Hall–Kier alpha value is -2.38. The van der Waals surface area contributed by atoms with E-state index in [-0.39, 0.29) is 23.6 Å². The molecule has 4 rings (SSSR count). The van der Waals surface area contributed by atoms with Gasteiger partial charge < -0.3 is 15.5 Å². The minimum absolute atomic E-state index is 0.00284. The van der Waals surface area contributed by atoms with Crippen LogP contribution >= 0.6 is 22.9 Å². The van der Waals surface area contributed by atoms with E-state index in [9.17, 15) is 14.4 Å². The molecule has 6 nitrogen and oxygen atoms in total. The summed E-state index contributed by atoms with van der Waals surface area (Å²) in [6.07, 6.45) is 4.96. The van der Waals surface area contributed by atoms with Gasteiger partial charge in [-0.1, -0.05) is 11.6 Å². The molecule has 2 aromatic rings. The van der Waals surface area contributed by atoms with E-state index in [1.807, 2.05) is 4.90 Å².